The molecule has 0 aliphatic rings. The lowest BCUT2D eigenvalue weighted by Crippen LogP contribution is -2.30. The standard InChI is InChI=1S/C21H20FNO3S/c1-12(2)14-7-4-5-9-17(14)23-20(24)13(3)26-21(25)19-11-15-16(22)8-6-10-18(15)27-19/h4-13H,1-3H3,(H,23,24)/t13-/m0/s1. The van der Waals surface area contributed by atoms with Gasteiger partial charge in [-0.15, -0.1) is 11.3 Å². The van der Waals surface area contributed by atoms with Crippen molar-refractivity contribution in [3.05, 3.63) is 64.8 Å². The molecule has 1 aromatic heterocycles. The first-order chi connectivity index (χ1) is 12.9. The van der Waals surface area contributed by atoms with E-state index in [4.69, 9.17) is 4.74 Å². The zero-order chi connectivity index (χ0) is 19.6. The van der Waals surface area contributed by atoms with Crippen molar-refractivity contribution in [2.24, 2.45) is 0 Å². The van der Waals surface area contributed by atoms with E-state index in [1.165, 1.54) is 19.1 Å². The Morgan fingerprint density at radius 1 is 1.07 bits per heavy atom. The van der Waals surface area contributed by atoms with Crippen LogP contribution in [0.2, 0.25) is 0 Å². The van der Waals surface area contributed by atoms with Gasteiger partial charge in [0.1, 0.15) is 10.7 Å². The predicted molar refractivity (Wildman–Crippen MR) is 106 cm³/mol. The summed E-state index contributed by atoms with van der Waals surface area (Å²) in [6.07, 6.45) is -0.979. The molecule has 0 fully saturated rings. The fourth-order valence-corrected chi connectivity index (χ4v) is 3.70. The lowest BCUT2D eigenvalue weighted by molar-refractivity contribution is -0.123. The molecule has 140 valence electrons. The number of rotatable bonds is 5. The largest absolute Gasteiger partial charge is 0.448 e. The number of fused-ring (bicyclic) bond motifs is 1. The van der Waals surface area contributed by atoms with Crippen LogP contribution in [-0.2, 0) is 9.53 Å². The van der Waals surface area contributed by atoms with Crippen LogP contribution in [0, 0.1) is 5.82 Å². The Balaban J connectivity index is 1.70. The van der Waals surface area contributed by atoms with Gasteiger partial charge in [-0.2, -0.15) is 0 Å². The number of nitrogens with one attached hydrogen (secondary N) is 1. The van der Waals surface area contributed by atoms with Crippen LogP contribution in [0.25, 0.3) is 10.1 Å². The van der Waals surface area contributed by atoms with Gasteiger partial charge in [0.15, 0.2) is 6.10 Å². The predicted octanol–water partition coefficient (Wildman–Crippen LogP) is 5.35. The summed E-state index contributed by atoms with van der Waals surface area (Å²) in [5.41, 5.74) is 1.70. The van der Waals surface area contributed by atoms with Crippen molar-refractivity contribution in [3.8, 4) is 0 Å². The van der Waals surface area contributed by atoms with Crippen molar-refractivity contribution in [3.63, 3.8) is 0 Å². The molecule has 0 unspecified atom stereocenters. The summed E-state index contributed by atoms with van der Waals surface area (Å²) in [6.45, 7) is 5.59. The van der Waals surface area contributed by atoms with Crippen LogP contribution in [0.3, 0.4) is 0 Å². The number of carbonyl (C=O) groups is 2. The number of halogens is 1. The van der Waals surface area contributed by atoms with E-state index in [1.807, 2.05) is 38.1 Å². The van der Waals surface area contributed by atoms with Gasteiger partial charge in [-0.25, -0.2) is 9.18 Å². The Labute approximate surface area is 161 Å². The lowest BCUT2D eigenvalue weighted by Gasteiger charge is -2.16. The molecule has 0 bridgehead atoms. The normalized spacial score (nSPS) is 12.2. The molecule has 0 aliphatic carbocycles. The molecule has 2 aromatic carbocycles. The summed E-state index contributed by atoms with van der Waals surface area (Å²) in [7, 11) is 0. The zero-order valence-electron chi connectivity index (χ0n) is 15.3. The van der Waals surface area contributed by atoms with Gasteiger partial charge in [-0.1, -0.05) is 38.1 Å². The SMILES string of the molecule is CC(C)c1ccccc1NC(=O)[C@H](C)OC(=O)c1cc2c(F)cccc2s1. The lowest BCUT2D eigenvalue weighted by atomic mass is 10.0. The summed E-state index contributed by atoms with van der Waals surface area (Å²) in [5.74, 6) is -1.20. The first kappa shape index (κ1) is 19.0. The number of thiophene rings is 1. The van der Waals surface area contributed by atoms with Crippen LogP contribution in [0.5, 0.6) is 0 Å². The van der Waals surface area contributed by atoms with Crippen molar-refractivity contribution in [1.29, 1.82) is 0 Å². The number of hydrogen-bond acceptors (Lipinski definition) is 4. The monoisotopic (exact) mass is 385 g/mol. The topological polar surface area (TPSA) is 55.4 Å². The van der Waals surface area contributed by atoms with Crippen LogP contribution in [0.15, 0.2) is 48.5 Å². The molecule has 0 spiro atoms. The minimum atomic E-state index is -0.979. The minimum Gasteiger partial charge on any atom is -0.448 e. The molecule has 6 heteroatoms. The number of amides is 1. The third-order valence-corrected chi connectivity index (χ3v) is 5.28. The number of benzene rings is 2. The van der Waals surface area contributed by atoms with Gasteiger partial charge in [0.2, 0.25) is 0 Å². The van der Waals surface area contributed by atoms with Gasteiger partial charge in [0.05, 0.1) is 0 Å². The maximum atomic E-state index is 13.8. The summed E-state index contributed by atoms with van der Waals surface area (Å²) >= 11 is 1.14. The fourth-order valence-electron chi connectivity index (χ4n) is 2.75. The number of esters is 1. The second kappa shape index (κ2) is 7.88. The number of hydrogen-bond donors (Lipinski definition) is 1. The average molecular weight is 385 g/mol. The number of para-hydroxylation sites is 1. The van der Waals surface area contributed by atoms with E-state index in [0.717, 1.165) is 16.9 Å². The smallest absolute Gasteiger partial charge is 0.349 e. The van der Waals surface area contributed by atoms with E-state index in [9.17, 15) is 14.0 Å². The second-order valence-corrected chi connectivity index (χ2v) is 7.62. The molecule has 0 saturated carbocycles. The van der Waals surface area contributed by atoms with E-state index in [0.29, 0.717) is 15.8 Å². The van der Waals surface area contributed by atoms with Gasteiger partial charge < -0.3 is 10.1 Å². The highest BCUT2D eigenvalue weighted by molar-refractivity contribution is 7.20. The van der Waals surface area contributed by atoms with Gasteiger partial charge in [-0.05, 0) is 42.7 Å². The van der Waals surface area contributed by atoms with Gasteiger partial charge in [0.25, 0.3) is 5.91 Å². The molecule has 27 heavy (non-hydrogen) atoms. The van der Waals surface area contributed by atoms with Crippen LogP contribution in [0.4, 0.5) is 10.1 Å². The van der Waals surface area contributed by atoms with E-state index >= 15 is 0 Å². The van der Waals surface area contributed by atoms with Crippen molar-refractivity contribution >= 4 is 39.0 Å². The summed E-state index contributed by atoms with van der Waals surface area (Å²) < 4.78 is 19.7. The van der Waals surface area contributed by atoms with Crippen LogP contribution in [-0.4, -0.2) is 18.0 Å². The molecular formula is C21H20FNO3S. The summed E-state index contributed by atoms with van der Waals surface area (Å²) in [6, 6.07) is 13.6. The molecule has 3 aromatic rings. The Morgan fingerprint density at radius 3 is 2.52 bits per heavy atom. The molecule has 4 nitrogen and oxygen atoms in total. The number of ether oxygens (including phenoxy) is 1. The highest BCUT2D eigenvalue weighted by Gasteiger charge is 2.22. The molecular weight excluding hydrogens is 365 g/mol. The van der Waals surface area contributed by atoms with E-state index in [-0.39, 0.29) is 16.6 Å². The Hall–Kier alpha value is -2.73. The third kappa shape index (κ3) is 4.17. The highest BCUT2D eigenvalue weighted by atomic mass is 32.1. The molecule has 1 heterocycles. The maximum absolute atomic E-state index is 13.8. The molecule has 3 rings (SSSR count). The third-order valence-electron chi connectivity index (χ3n) is 4.20. The van der Waals surface area contributed by atoms with E-state index < -0.39 is 18.0 Å². The average Bonchev–Trinajstić information content (AvgIpc) is 3.08. The van der Waals surface area contributed by atoms with E-state index in [1.54, 1.807) is 12.1 Å². The van der Waals surface area contributed by atoms with Crippen molar-refractivity contribution < 1.29 is 18.7 Å². The van der Waals surface area contributed by atoms with Crippen molar-refractivity contribution in [2.75, 3.05) is 5.32 Å². The molecule has 1 amide bonds. The summed E-state index contributed by atoms with van der Waals surface area (Å²) in [4.78, 5) is 25.1. The Kier molecular flexibility index (Phi) is 5.56. The molecule has 0 radical (unpaired) electrons. The first-order valence-corrected chi connectivity index (χ1v) is 9.47. The molecule has 0 aliphatic heterocycles. The maximum Gasteiger partial charge on any atom is 0.349 e. The second-order valence-electron chi connectivity index (χ2n) is 6.54. The van der Waals surface area contributed by atoms with Gasteiger partial charge >= 0.3 is 5.97 Å². The fraction of sp³-hybridized carbons (Fsp3) is 0.238. The molecule has 0 saturated heterocycles. The van der Waals surface area contributed by atoms with Crippen LogP contribution in [0.1, 0.15) is 41.9 Å². The molecule has 1 N–H and O–H groups in total. The molecule has 1 atom stereocenters. The number of anilines is 1. The van der Waals surface area contributed by atoms with Crippen LogP contribution < -0.4 is 5.32 Å². The minimum absolute atomic E-state index is 0.243. The first-order valence-electron chi connectivity index (χ1n) is 8.65. The van der Waals surface area contributed by atoms with Gasteiger partial charge in [-0.3, -0.25) is 4.79 Å². The Bertz CT molecular complexity index is 996. The highest BCUT2D eigenvalue weighted by Crippen LogP contribution is 2.28. The van der Waals surface area contributed by atoms with Crippen molar-refractivity contribution in [2.45, 2.75) is 32.8 Å². The van der Waals surface area contributed by atoms with Crippen LogP contribution >= 0.6 is 11.3 Å². The summed E-state index contributed by atoms with van der Waals surface area (Å²) in [5, 5.41) is 3.18. The quantitative estimate of drug-likeness (QED) is 0.603. The van der Waals surface area contributed by atoms with Crippen molar-refractivity contribution in [1.82, 2.24) is 0 Å². The van der Waals surface area contributed by atoms with Gasteiger partial charge in [0, 0.05) is 15.8 Å². The number of carbonyl (C=O) groups excluding carboxylic acids is 2. The van der Waals surface area contributed by atoms with E-state index in [2.05, 4.69) is 5.32 Å². The Morgan fingerprint density at radius 2 is 1.81 bits per heavy atom. The zero-order valence-corrected chi connectivity index (χ0v) is 16.1.